The van der Waals surface area contributed by atoms with Crippen LogP contribution in [0.2, 0.25) is 0 Å². The quantitative estimate of drug-likeness (QED) is 0.582. The van der Waals surface area contributed by atoms with Crippen LogP contribution in [0.1, 0.15) is 55.2 Å². The SMILES string of the molecule is CN(C)CCOc1ccc(C(F)(F)F)cc1C(=O)N=c1cc(C(C)(C)C)n(C)n1C[C@H]1CCCO1. The van der Waals surface area contributed by atoms with Crippen LogP contribution in [0.25, 0.3) is 0 Å². The molecule has 1 aliphatic rings. The van der Waals surface area contributed by atoms with Gasteiger partial charge in [0, 0.05) is 37.4 Å². The summed E-state index contributed by atoms with van der Waals surface area (Å²) in [5, 5.41) is 0. The Morgan fingerprint density at radius 2 is 1.94 bits per heavy atom. The first-order valence-corrected chi connectivity index (χ1v) is 11.7. The van der Waals surface area contributed by atoms with E-state index in [-0.39, 0.29) is 29.4 Å². The highest BCUT2D eigenvalue weighted by molar-refractivity contribution is 5.97. The van der Waals surface area contributed by atoms with Crippen molar-refractivity contribution in [3.05, 3.63) is 46.6 Å². The number of carbonyl (C=O) groups excluding carboxylic acids is 1. The van der Waals surface area contributed by atoms with Crippen LogP contribution >= 0.6 is 0 Å². The largest absolute Gasteiger partial charge is 0.491 e. The van der Waals surface area contributed by atoms with Gasteiger partial charge in [0.05, 0.1) is 23.8 Å². The molecule has 2 heterocycles. The third kappa shape index (κ3) is 6.76. The molecule has 1 aliphatic heterocycles. The Bertz CT molecular complexity index is 1100. The normalized spacial score (nSPS) is 17.4. The summed E-state index contributed by atoms with van der Waals surface area (Å²) >= 11 is 0. The summed E-state index contributed by atoms with van der Waals surface area (Å²) in [5.74, 6) is -0.714. The number of amides is 1. The van der Waals surface area contributed by atoms with Crippen molar-refractivity contribution >= 4 is 5.91 Å². The van der Waals surface area contributed by atoms with E-state index >= 15 is 0 Å². The molecule has 35 heavy (non-hydrogen) atoms. The van der Waals surface area contributed by atoms with Crippen molar-refractivity contribution in [2.24, 2.45) is 12.0 Å². The zero-order chi connectivity index (χ0) is 26.0. The summed E-state index contributed by atoms with van der Waals surface area (Å²) in [5.41, 5.74) is -0.0706. The van der Waals surface area contributed by atoms with Gasteiger partial charge in [-0.05, 0) is 45.1 Å². The molecule has 0 bridgehead atoms. The van der Waals surface area contributed by atoms with Crippen LogP contribution in [0, 0.1) is 0 Å². The lowest BCUT2D eigenvalue weighted by Crippen LogP contribution is -2.30. The monoisotopic (exact) mass is 496 g/mol. The molecule has 1 aromatic heterocycles. The molecule has 0 aliphatic carbocycles. The molecular formula is C25H35F3N4O3. The molecule has 0 unspecified atom stereocenters. The maximum atomic E-state index is 13.4. The lowest BCUT2D eigenvalue weighted by atomic mass is 9.92. The van der Waals surface area contributed by atoms with Crippen molar-refractivity contribution in [1.29, 1.82) is 0 Å². The average Bonchev–Trinajstić information content (AvgIpc) is 3.36. The van der Waals surface area contributed by atoms with Crippen molar-refractivity contribution in [3.63, 3.8) is 0 Å². The number of hydrogen-bond donors (Lipinski definition) is 0. The van der Waals surface area contributed by atoms with Crippen LogP contribution in [0.5, 0.6) is 5.75 Å². The van der Waals surface area contributed by atoms with Gasteiger partial charge in [-0.1, -0.05) is 20.8 Å². The zero-order valence-electron chi connectivity index (χ0n) is 21.3. The summed E-state index contributed by atoms with van der Waals surface area (Å²) in [6.45, 7) is 8.09. The molecule has 0 N–H and O–H groups in total. The van der Waals surface area contributed by atoms with Crippen LogP contribution in [0.3, 0.4) is 0 Å². The minimum absolute atomic E-state index is 0.0102. The van der Waals surface area contributed by atoms with E-state index in [0.29, 0.717) is 25.2 Å². The second-order valence-corrected chi connectivity index (χ2v) is 10.2. The summed E-state index contributed by atoms with van der Waals surface area (Å²) in [7, 11) is 5.60. The van der Waals surface area contributed by atoms with E-state index in [1.165, 1.54) is 6.07 Å². The highest BCUT2D eigenvalue weighted by atomic mass is 19.4. The molecule has 2 aromatic rings. The summed E-state index contributed by atoms with van der Waals surface area (Å²) < 4.78 is 55.5. The number of rotatable bonds is 7. The maximum Gasteiger partial charge on any atom is 0.416 e. The molecule has 1 saturated heterocycles. The second-order valence-electron chi connectivity index (χ2n) is 10.2. The first-order chi connectivity index (χ1) is 16.3. The summed E-state index contributed by atoms with van der Waals surface area (Å²) in [4.78, 5) is 19.5. The fourth-order valence-electron chi connectivity index (χ4n) is 4.06. The smallest absolute Gasteiger partial charge is 0.416 e. The molecule has 1 fully saturated rings. The van der Waals surface area contributed by atoms with Crippen molar-refractivity contribution in [1.82, 2.24) is 14.3 Å². The number of alkyl halides is 3. The van der Waals surface area contributed by atoms with Crippen LogP contribution in [0.4, 0.5) is 13.2 Å². The van der Waals surface area contributed by atoms with Crippen LogP contribution in [-0.2, 0) is 29.9 Å². The van der Waals surface area contributed by atoms with Gasteiger partial charge in [0.2, 0.25) is 0 Å². The first-order valence-electron chi connectivity index (χ1n) is 11.7. The minimum Gasteiger partial charge on any atom is -0.491 e. The zero-order valence-corrected chi connectivity index (χ0v) is 21.3. The summed E-state index contributed by atoms with van der Waals surface area (Å²) in [6, 6.07) is 4.73. The van der Waals surface area contributed by atoms with Crippen molar-refractivity contribution in [3.8, 4) is 5.75 Å². The van der Waals surface area contributed by atoms with Crippen molar-refractivity contribution < 1.29 is 27.4 Å². The van der Waals surface area contributed by atoms with Gasteiger partial charge < -0.3 is 14.4 Å². The van der Waals surface area contributed by atoms with Gasteiger partial charge in [0.15, 0.2) is 5.49 Å². The molecule has 10 heteroatoms. The number of likely N-dealkylation sites (N-methyl/N-ethyl adjacent to an activating group) is 1. The van der Waals surface area contributed by atoms with E-state index in [4.69, 9.17) is 9.47 Å². The molecule has 1 atom stereocenters. The number of aromatic nitrogens is 2. The van der Waals surface area contributed by atoms with Crippen molar-refractivity contribution in [2.45, 2.75) is 57.9 Å². The van der Waals surface area contributed by atoms with Crippen LogP contribution in [-0.4, -0.2) is 60.1 Å². The van der Waals surface area contributed by atoms with Crippen LogP contribution in [0.15, 0.2) is 29.3 Å². The van der Waals surface area contributed by atoms with Gasteiger partial charge in [-0.3, -0.25) is 14.2 Å². The van der Waals surface area contributed by atoms with Gasteiger partial charge >= 0.3 is 6.18 Å². The fraction of sp³-hybridized carbons (Fsp3) is 0.600. The first kappa shape index (κ1) is 27.0. The van der Waals surface area contributed by atoms with E-state index in [1.54, 1.807) is 0 Å². The van der Waals surface area contributed by atoms with Gasteiger partial charge in [-0.2, -0.15) is 18.2 Å². The third-order valence-corrected chi connectivity index (χ3v) is 5.96. The van der Waals surface area contributed by atoms with Gasteiger partial charge in [0.25, 0.3) is 5.91 Å². The summed E-state index contributed by atoms with van der Waals surface area (Å²) in [6.07, 6.45) is -2.74. The van der Waals surface area contributed by atoms with E-state index in [9.17, 15) is 18.0 Å². The molecule has 0 saturated carbocycles. The van der Waals surface area contributed by atoms with Crippen LogP contribution < -0.4 is 10.2 Å². The molecule has 7 nitrogen and oxygen atoms in total. The second kappa shape index (κ2) is 10.6. The standard InChI is InChI=1S/C25H35F3N4O3/c1-24(2,3)21-15-22(32(31(21)6)16-18-8-7-12-34-18)29-23(33)19-14-17(25(26,27)28)9-10-20(19)35-13-11-30(4)5/h9-10,14-15,18H,7-8,11-13,16H2,1-6H3/t18-/m1/s1. The Morgan fingerprint density at radius 3 is 2.51 bits per heavy atom. The predicted octanol–water partition coefficient (Wildman–Crippen LogP) is 4.00. The fourth-order valence-corrected chi connectivity index (χ4v) is 4.06. The highest BCUT2D eigenvalue weighted by Crippen LogP contribution is 2.33. The Morgan fingerprint density at radius 1 is 1.23 bits per heavy atom. The molecule has 1 aromatic carbocycles. The van der Waals surface area contributed by atoms with Gasteiger partial charge in [-0.25, -0.2) is 0 Å². The van der Waals surface area contributed by atoms with E-state index < -0.39 is 17.6 Å². The lowest BCUT2D eigenvalue weighted by molar-refractivity contribution is -0.137. The topological polar surface area (TPSA) is 61.0 Å². The minimum atomic E-state index is -4.59. The molecular weight excluding hydrogens is 461 g/mol. The predicted molar refractivity (Wildman–Crippen MR) is 126 cm³/mol. The van der Waals surface area contributed by atoms with E-state index in [1.807, 2.05) is 62.2 Å². The third-order valence-electron chi connectivity index (χ3n) is 5.96. The Hall–Kier alpha value is -2.59. The van der Waals surface area contributed by atoms with Crippen molar-refractivity contribution in [2.75, 3.05) is 33.9 Å². The Balaban J connectivity index is 2.07. The highest BCUT2D eigenvalue weighted by Gasteiger charge is 2.32. The number of ether oxygens (including phenoxy) is 2. The average molecular weight is 497 g/mol. The molecule has 194 valence electrons. The number of halogens is 3. The number of nitrogens with zero attached hydrogens (tertiary/aromatic N) is 4. The number of benzene rings is 1. The molecule has 1 amide bonds. The molecule has 0 radical (unpaired) electrons. The molecule has 3 rings (SSSR count). The Labute approximate surface area is 204 Å². The number of hydrogen-bond acceptors (Lipinski definition) is 4. The van der Waals surface area contributed by atoms with E-state index in [2.05, 4.69) is 4.99 Å². The maximum absolute atomic E-state index is 13.4. The van der Waals surface area contributed by atoms with Gasteiger partial charge in [0.1, 0.15) is 12.4 Å². The lowest BCUT2D eigenvalue weighted by Gasteiger charge is -2.21. The van der Waals surface area contributed by atoms with E-state index in [0.717, 1.165) is 30.7 Å². The number of carbonyl (C=O) groups is 1. The molecule has 0 spiro atoms. The Kier molecular flexibility index (Phi) is 8.16. The van der Waals surface area contributed by atoms with Gasteiger partial charge in [-0.15, -0.1) is 0 Å².